The summed E-state index contributed by atoms with van der Waals surface area (Å²) in [5.41, 5.74) is -0.218. The van der Waals surface area contributed by atoms with Gasteiger partial charge in [0.05, 0.1) is 12.2 Å². The van der Waals surface area contributed by atoms with Crippen LogP contribution in [0, 0.1) is 6.92 Å². The molecule has 25 heavy (non-hydrogen) atoms. The maximum absolute atomic E-state index is 12.7. The highest BCUT2D eigenvalue weighted by Gasteiger charge is 2.30. The molecule has 9 heteroatoms. The van der Waals surface area contributed by atoms with Gasteiger partial charge >= 0.3 is 6.18 Å². The van der Waals surface area contributed by atoms with Gasteiger partial charge < -0.3 is 15.4 Å². The Hall–Kier alpha value is -2.68. The zero-order valence-electron chi connectivity index (χ0n) is 13.6. The first kappa shape index (κ1) is 18.7. The minimum Gasteiger partial charge on any atom is -0.383 e. The molecule has 0 aliphatic heterocycles. The van der Waals surface area contributed by atoms with E-state index < -0.39 is 17.6 Å². The fourth-order valence-electron chi connectivity index (χ4n) is 2.00. The molecule has 0 saturated carbocycles. The number of nitrogens with one attached hydrogen (secondary N) is 2. The number of hydrogen-bond acceptors (Lipinski definition) is 5. The second-order valence-electron chi connectivity index (χ2n) is 5.17. The Morgan fingerprint density at radius 1 is 1.24 bits per heavy atom. The van der Waals surface area contributed by atoms with Crippen LogP contribution in [0.15, 0.2) is 30.3 Å². The van der Waals surface area contributed by atoms with Crippen LogP contribution in [-0.2, 0) is 10.9 Å². The Morgan fingerprint density at radius 2 is 2.00 bits per heavy atom. The molecule has 0 bridgehead atoms. The summed E-state index contributed by atoms with van der Waals surface area (Å²) in [6, 6.07) is 5.84. The number of carbonyl (C=O) groups is 1. The molecule has 0 atom stereocenters. The van der Waals surface area contributed by atoms with E-state index in [4.69, 9.17) is 4.74 Å². The van der Waals surface area contributed by atoms with Crippen molar-refractivity contribution in [3.63, 3.8) is 0 Å². The summed E-state index contributed by atoms with van der Waals surface area (Å²) in [5.74, 6) is -0.383. The number of amides is 1. The van der Waals surface area contributed by atoms with Crippen LogP contribution in [0.2, 0.25) is 0 Å². The molecular formula is C16H17F3N4O2. The molecule has 2 rings (SSSR count). The van der Waals surface area contributed by atoms with Gasteiger partial charge in [-0.15, -0.1) is 0 Å². The van der Waals surface area contributed by atoms with E-state index in [-0.39, 0.29) is 17.3 Å². The van der Waals surface area contributed by atoms with Crippen LogP contribution in [0.4, 0.5) is 24.8 Å². The number of hydrogen-bond donors (Lipinski definition) is 2. The third-order valence-corrected chi connectivity index (χ3v) is 3.12. The van der Waals surface area contributed by atoms with E-state index in [0.29, 0.717) is 18.8 Å². The molecule has 6 nitrogen and oxygen atoms in total. The second-order valence-corrected chi connectivity index (χ2v) is 5.17. The van der Waals surface area contributed by atoms with E-state index >= 15 is 0 Å². The Bertz CT molecular complexity index is 750. The molecule has 0 spiro atoms. The molecule has 1 heterocycles. The lowest BCUT2D eigenvalue weighted by atomic mass is 10.2. The molecule has 0 fully saturated rings. The van der Waals surface area contributed by atoms with E-state index in [2.05, 4.69) is 20.6 Å². The van der Waals surface area contributed by atoms with Crippen molar-refractivity contribution < 1.29 is 22.7 Å². The van der Waals surface area contributed by atoms with Gasteiger partial charge in [0.1, 0.15) is 5.69 Å². The second kappa shape index (κ2) is 7.93. The minimum atomic E-state index is -4.48. The Morgan fingerprint density at radius 3 is 2.68 bits per heavy atom. The highest BCUT2D eigenvalue weighted by Crippen LogP contribution is 2.30. The standard InChI is InChI=1S/C16H17F3N4O2/c1-10-8-13(23-15(21-10)20-6-7-25-2)14(24)22-12-5-3-4-11(9-12)16(17,18)19/h3-5,8-9H,6-7H2,1-2H3,(H,22,24)(H,20,21,23). The van der Waals surface area contributed by atoms with Crippen molar-refractivity contribution >= 4 is 17.5 Å². The van der Waals surface area contributed by atoms with Crippen LogP contribution < -0.4 is 10.6 Å². The van der Waals surface area contributed by atoms with E-state index in [1.807, 2.05) is 0 Å². The van der Waals surface area contributed by atoms with E-state index in [1.54, 1.807) is 14.0 Å². The summed E-state index contributed by atoms with van der Waals surface area (Å²) in [4.78, 5) is 20.5. The van der Waals surface area contributed by atoms with Crippen LogP contribution in [0.5, 0.6) is 0 Å². The topological polar surface area (TPSA) is 76.1 Å². The first-order chi connectivity index (χ1) is 11.8. The molecular weight excluding hydrogens is 337 g/mol. The minimum absolute atomic E-state index is 0.0324. The van der Waals surface area contributed by atoms with E-state index in [1.165, 1.54) is 18.2 Å². The van der Waals surface area contributed by atoms with Gasteiger partial charge in [-0.1, -0.05) is 6.07 Å². The van der Waals surface area contributed by atoms with E-state index in [0.717, 1.165) is 12.1 Å². The average Bonchev–Trinajstić information content (AvgIpc) is 2.54. The van der Waals surface area contributed by atoms with Crippen molar-refractivity contribution in [1.82, 2.24) is 9.97 Å². The summed E-state index contributed by atoms with van der Waals surface area (Å²) in [5, 5.41) is 5.31. The Labute approximate surface area is 142 Å². The number of aryl methyl sites for hydroxylation is 1. The molecule has 1 amide bonds. The molecule has 2 N–H and O–H groups in total. The zero-order valence-corrected chi connectivity index (χ0v) is 13.6. The lowest BCUT2D eigenvalue weighted by Crippen LogP contribution is -2.17. The SMILES string of the molecule is COCCNc1nc(C)cc(C(=O)Nc2cccc(C(F)(F)F)c2)n1. The number of methoxy groups -OCH3 is 1. The monoisotopic (exact) mass is 354 g/mol. The Balaban J connectivity index is 2.15. The van der Waals surface area contributed by atoms with Gasteiger partial charge in [0.25, 0.3) is 5.91 Å². The molecule has 134 valence electrons. The number of carbonyl (C=O) groups excluding carboxylic acids is 1. The van der Waals surface area contributed by atoms with Gasteiger partial charge in [-0.25, -0.2) is 9.97 Å². The van der Waals surface area contributed by atoms with Gasteiger partial charge in [-0.05, 0) is 31.2 Å². The van der Waals surface area contributed by atoms with Gasteiger partial charge in [-0.2, -0.15) is 13.2 Å². The number of aromatic nitrogens is 2. The van der Waals surface area contributed by atoms with Crippen molar-refractivity contribution in [3.8, 4) is 0 Å². The normalized spacial score (nSPS) is 11.2. The summed E-state index contributed by atoms with van der Waals surface area (Å²) < 4.78 is 43.1. The maximum atomic E-state index is 12.7. The number of ether oxygens (including phenoxy) is 1. The largest absolute Gasteiger partial charge is 0.416 e. The van der Waals surface area contributed by atoms with Crippen LogP contribution >= 0.6 is 0 Å². The van der Waals surface area contributed by atoms with Gasteiger partial charge in [0.2, 0.25) is 5.95 Å². The van der Waals surface area contributed by atoms with Crippen molar-refractivity contribution in [2.45, 2.75) is 13.1 Å². The van der Waals surface area contributed by atoms with Crippen LogP contribution in [0.25, 0.3) is 0 Å². The first-order valence-corrected chi connectivity index (χ1v) is 7.36. The third kappa shape index (κ3) is 5.42. The molecule has 0 unspecified atom stereocenters. The fourth-order valence-corrected chi connectivity index (χ4v) is 2.00. The first-order valence-electron chi connectivity index (χ1n) is 7.36. The van der Waals surface area contributed by atoms with Gasteiger partial charge in [0, 0.05) is 25.0 Å². The molecule has 0 aliphatic carbocycles. The number of anilines is 2. The molecule has 1 aromatic heterocycles. The maximum Gasteiger partial charge on any atom is 0.416 e. The molecule has 1 aromatic carbocycles. The average molecular weight is 354 g/mol. The molecule has 2 aromatic rings. The van der Waals surface area contributed by atoms with Crippen molar-refractivity contribution in [3.05, 3.63) is 47.3 Å². The van der Waals surface area contributed by atoms with Gasteiger partial charge in [-0.3, -0.25) is 4.79 Å². The highest BCUT2D eigenvalue weighted by atomic mass is 19.4. The predicted molar refractivity (Wildman–Crippen MR) is 86.5 cm³/mol. The van der Waals surface area contributed by atoms with Crippen LogP contribution in [0.3, 0.4) is 0 Å². The fraction of sp³-hybridized carbons (Fsp3) is 0.312. The summed E-state index contributed by atoms with van der Waals surface area (Å²) in [6.07, 6.45) is -4.48. The summed E-state index contributed by atoms with van der Waals surface area (Å²) >= 11 is 0. The summed E-state index contributed by atoms with van der Waals surface area (Å²) in [6.45, 7) is 2.57. The third-order valence-electron chi connectivity index (χ3n) is 3.12. The lowest BCUT2D eigenvalue weighted by Gasteiger charge is -2.11. The number of benzene rings is 1. The molecule has 0 radical (unpaired) electrons. The zero-order chi connectivity index (χ0) is 18.4. The van der Waals surface area contributed by atoms with Crippen molar-refractivity contribution in [1.29, 1.82) is 0 Å². The lowest BCUT2D eigenvalue weighted by molar-refractivity contribution is -0.137. The van der Waals surface area contributed by atoms with Gasteiger partial charge in [0.15, 0.2) is 0 Å². The summed E-state index contributed by atoms with van der Waals surface area (Å²) in [7, 11) is 1.55. The highest BCUT2D eigenvalue weighted by molar-refractivity contribution is 6.03. The number of alkyl halides is 3. The Kier molecular flexibility index (Phi) is 5.92. The van der Waals surface area contributed by atoms with Crippen molar-refractivity contribution in [2.75, 3.05) is 30.9 Å². The van der Waals surface area contributed by atoms with E-state index in [9.17, 15) is 18.0 Å². The quantitative estimate of drug-likeness (QED) is 0.780. The number of rotatable bonds is 6. The number of halogens is 3. The predicted octanol–water partition coefficient (Wildman–Crippen LogP) is 3.11. The molecule has 0 saturated heterocycles. The van der Waals surface area contributed by atoms with Crippen LogP contribution in [0.1, 0.15) is 21.7 Å². The van der Waals surface area contributed by atoms with Crippen LogP contribution in [-0.4, -0.2) is 36.1 Å². The number of nitrogens with zero attached hydrogens (tertiary/aromatic N) is 2. The van der Waals surface area contributed by atoms with Crippen molar-refractivity contribution in [2.24, 2.45) is 0 Å². The smallest absolute Gasteiger partial charge is 0.383 e. The molecule has 0 aliphatic rings.